The van der Waals surface area contributed by atoms with Crippen LogP contribution in [0.1, 0.15) is 18.7 Å². The van der Waals surface area contributed by atoms with Gasteiger partial charge in [-0.05, 0) is 6.92 Å². The number of nitrogens with two attached hydrogens (primary N) is 1. The summed E-state index contributed by atoms with van der Waals surface area (Å²) in [6.45, 7) is 1.73. The average Bonchev–Trinajstić information content (AvgIpc) is 2.62. The lowest BCUT2D eigenvalue weighted by Gasteiger charge is -2.04. The minimum Gasteiger partial charge on any atom is -0.323 e. The number of hydrogen-bond donors (Lipinski definition) is 2. The maximum absolute atomic E-state index is 11.6. The van der Waals surface area contributed by atoms with Crippen molar-refractivity contribution in [2.45, 2.75) is 13.0 Å². The topological polar surface area (TPSA) is 119 Å². The molecular weight excluding hydrogens is 298 g/mol. The Kier molecular flexibility index (Phi) is 4.70. The Morgan fingerprint density at radius 2 is 2.00 bits per heavy atom. The Hall–Kier alpha value is -0.710. The lowest BCUT2D eigenvalue weighted by Crippen LogP contribution is -2.22. The van der Waals surface area contributed by atoms with Gasteiger partial charge in [-0.25, -0.2) is 21.8 Å². The van der Waals surface area contributed by atoms with Gasteiger partial charge in [-0.15, -0.1) is 11.3 Å². The van der Waals surface area contributed by atoms with Crippen LogP contribution in [0.4, 0.5) is 5.13 Å². The van der Waals surface area contributed by atoms with E-state index >= 15 is 0 Å². The van der Waals surface area contributed by atoms with E-state index in [0.717, 1.165) is 17.6 Å². The Morgan fingerprint density at radius 3 is 2.44 bits per heavy atom. The highest BCUT2D eigenvalue weighted by atomic mass is 32.2. The zero-order valence-corrected chi connectivity index (χ0v) is 12.4. The van der Waals surface area contributed by atoms with Crippen molar-refractivity contribution in [1.29, 1.82) is 0 Å². The van der Waals surface area contributed by atoms with Crippen molar-refractivity contribution < 1.29 is 16.8 Å². The summed E-state index contributed by atoms with van der Waals surface area (Å²) < 4.78 is 47.2. The van der Waals surface area contributed by atoms with E-state index in [4.69, 9.17) is 5.73 Å². The maximum Gasteiger partial charge on any atom is 0.235 e. The molecule has 7 nitrogen and oxygen atoms in total. The van der Waals surface area contributed by atoms with Crippen LogP contribution in [0, 0.1) is 0 Å². The fourth-order valence-electron chi connectivity index (χ4n) is 0.987. The van der Waals surface area contributed by atoms with E-state index in [2.05, 4.69) is 9.71 Å². The highest BCUT2D eigenvalue weighted by Gasteiger charge is 2.16. The van der Waals surface area contributed by atoms with Gasteiger partial charge in [0.15, 0.2) is 5.13 Å². The summed E-state index contributed by atoms with van der Waals surface area (Å²) in [6.07, 6.45) is 0.986. The van der Waals surface area contributed by atoms with E-state index < -0.39 is 31.4 Å². The molecule has 104 valence electrons. The van der Waals surface area contributed by atoms with Crippen LogP contribution in [0.2, 0.25) is 0 Å². The molecule has 0 radical (unpaired) electrons. The van der Waals surface area contributed by atoms with E-state index in [1.807, 2.05) is 0 Å². The van der Waals surface area contributed by atoms with Gasteiger partial charge in [0.1, 0.15) is 9.84 Å². The second-order valence-electron chi connectivity index (χ2n) is 3.92. The molecule has 0 saturated heterocycles. The second kappa shape index (κ2) is 5.51. The number of sulfone groups is 1. The van der Waals surface area contributed by atoms with Crippen LogP contribution in [0.5, 0.6) is 0 Å². The van der Waals surface area contributed by atoms with E-state index in [0.29, 0.717) is 5.69 Å². The van der Waals surface area contributed by atoms with Crippen LogP contribution in [-0.4, -0.2) is 39.6 Å². The average molecular weight is 313 g/mol. The van der Waals surface area contributed by atoms with Crippen molar-refractivity contribution in [2.24, 2.45) is 5.73 Å². The van der Waals surface area contributed by atoms with Gasteiger partial charge >= 0.3 is 0 Å². The van der Waals surface area contributed by atoms with Gasteiger partial charge in [-0.2, -0.15) is 0 Å². The number of nitrogens with one attached hydrogen (secondary N) is 1. The SMILES string of the molecule is CC(N)c1csc(NS(=O)(=O)CCS(C)(=O)=O)n1. The summed E-state index contributed by atoms with van der Waals surface area (Å²) >= 11 is 1.11. The van der Waals surface area contributed by atoms with Crippen molar-refractivity contribution in [1.82, 2.24) is 4.98 Å². The lowest BCUT2D eigenvalue weighted by atomic mass is 10.3. The first-order valence-corrected chi connectivity index (χ1v) is 9.57. The van der Waals surface area contributed by atoms with Gasteiger partial charge in [0, 0.05) is 17.7 Å². The number of thiazole rings is 1. The first kappa shape index (κ1) is 15.3. The Labute approximate surface area is 110 Å². The van der Waals surface area contributed by atoms with E-state index in [1.165, 1.54) is 0 Å². The highest BCUT2D eigenvalue weighted by Crippen LogP contribution is 2.20. The number of rotatable bonds is 6. The van der Waals surface area contributed by atoms with Crippen LogP contribution < -0.4 is 10.5 Å². The molecule has 3 N–H and O–H groups in total. The molecule has 0 amide bonds. The summed E-state index contributed by atoms with van der Waals surface area (Å²) in [7, 11) is -7.02. The van der Waals surface area contributed by atoms with Crippen LogP contribution in [0.15, 0.2) is 5.38 Å². The van der Waals surface area contributed by atoms with Crippen LogP contribution >= 0.6 is 11.3 Å². The summed E-state index contributed by atoms with van der Waals surface area (Å²) in [5.74, 6) is -0.910. The highest BCUT2D eigenvalue weighted by molar-refractivity contribution is 7.95. The fraction of sp³-hybridized carbons (Fsp3) is 0.625. The van der Waals surface area contributed by atoms with Crippen molar-refractivity contribution in [3.05, 3.63) is 11.1 Å². The monoisotopic (exact) mass is 313 g/mol. The van der Waals surface area contributed by atoms with Crippen molar-refractivity contribution in [3.8, 4) is 0 Å². The molecule has 0 aliphatic carbocycles. The molecule has 0 fully saturated rings. The fourth-order valence-corrected chi connectivity index (χ4v) is 4.72. The zero-order valence-electron chi connectivity index (χ0n) is 9.95. The molecule has 18 heavy (non-hydrogen) atoms. The molecule has 1 atom stereocenters. The number of hydrogen-bond acceptors (Lipinski definition) is 7. The molecular formula is C8H15N3O4S3. The molecule has 1 rings (SSSR count). The van der Waals surface area contributed by atoms with Crippen LogP contribution in [0.25, 0.3) is 0 Å². The number of anilines is 1. The molecule has 0 aliphatic heterocycles. The molecule has 0 bridgehead atoms. The third-order valence-electron chi connectivity index (χ3n) is 1.95. The molecule has 0 saturated carbocycles. The molecule has 1 heterocycles. The number of aromatic nitrogens is 1. The smallest absolute Gasteiger partial charge is 0.235 e. The molecule has 0 aromatic carbocycles. The Balaban J connectivity index is 2.70. The Morgan fingerprint density at radius 1 is 1.39 bits per heavy atom. The normalized spacial score (nSPS) is 14.4. The minimum absolute atomic E-state index is 0.191. The molecule has 1 unspecified atom stereocenters. The zero-order chi connectivity index (χ0) is 14.0. The maximum atomic E-state index is 11.6. The summed E-state index contributed by atoms with van der Waals surface area (Å²) in [6, 6.07) is -0.282. The van der Waals surface area contributed by atoms with Crippen molar-refractivity contribution >= 4 is 36.3 Å². The number of sulfonamides is 1. The standard InChI is InChI=1S/C8H15N3O4S3/c1-6(9)7-5-16-8(10-7)11-18(14,15)4-3-17(2,12)13/h5-6H,3-4,9H2,1-2H3,(H,10,11). The lowest BCUT2D eigenvalue weighted by molar-refractivity contribution is 0.593. The van der Waals surface area contributed by atoms with Gasteiger partial charge in [-0.1, -0.05) is 0 Å². The van der Waals surface area contributed by atoms with E-state index in [1.54, 1.807) is 12.3 Å². The quantitative estimate of drug-likeness (QED) is 0.760. The predicted octanol–water partition coefficient (Wildman–Crippen LogP) is -0.0509. The van der Waals surface area contributed by atoms with Crippen molar-refractivity contribution in [3.63, 3.8) is 0 Å². The van der Waals surface area contributed by atoms with Gasteiger partial charge in [0.25, 0.3) is 0 Å². The molecule has 10 heteroatoms. The minimum atomic E-state index is -3.70. The van der Waals surface area contributed by atoms with E-state index in [9.17, 15) is 16.8 Å². The van der Waals surface area contributed by atoms with Crippen LogP contribution in [-0.2, 0) is 19.9 Å². The molecule has 0 aliphatic rings. The first-order chi connectivity index (χ1) is 8.09. The third kappa shape index (κ3) is 5.29. The summed E-state index contributed by atoms with van der Waals surface area (Å²) in [4.78, 5) is 3.99. The van der Waals surface area contributed by atoms with Gasteiger partial charge in [-0.3, -0.25) is 4.72 Å². The van der Waals surface area contributed by atoms with Gasteiger partial charge in [0.2, 0.25) is 10.0 Å². The third-order valence-corrected chi connectivity index (χ3v) is 5.31. The molecule has 0 spiro atoms. The predicted molar refractivity (Wildman–Crippen MR) is 71.8 cm³/mol. The van der Waals surface area contributed by atoms with Gasteiger partial charge < -0.3 is 5.73 Å². The van der Waals surface area contributed by atoms with Crippen LogP contribution in [0.3, 0.4) is 0 Å². The van der Waals surface area contributed by atoms with Crippen molar-refractivity contribution in [2.75, 3.05) is 22.5 Å². The molecule has 1 aromatic rings. The van der Waals surface area contributed by atoms with Gasteiger partial charge in [0.05, 0.1) is 17.2 Å². The van der Waals surface area contributed by atoms with E-state index in [-0.39, 0.29) is 11.2 Å². The largest absolute Gasteiger partial charge is 0.323 e. The molecule has 1 aromatic heterocycles. The Bertz CT molecular complexity index is 603. The number of nitrogens with zero attached hydrogens (tertiary/aromatic N) is 1. The summed E-state index contributed by atoms with van der Waals surface area (Å²) in [5, 5.41) is 1.84. The second-order valence-corrected chi connectivity index (χ2v) is 8.88. The first-order valence-electron chi connectivity index (χ1n) is 4.98. The summed E-state index contributed by atoms with van der Waals surface area (Å²) in [5.41, 5.74) is 6.18.